The van der Waals surface area contributed by atoms with Crippen LogP contribution in [-0.4, -0.2) is 53.4 Å². The average Bonchev–Trinajstić information content (AvgIpc) is 2.77. The first kappa shape index (κ1) is 23.0. The maximum absolute atomic E-state index is 13.0. The number of likely N-dealkylation sites (N-methyl/N-ethyl adjacent to an activating group) is 1. The molecule has 0 atom stereocenters. The number of carbonyl (C=O) groups excluding carboxylic acids is 1. The van der Waals surface area contributed by atoms with Gasteiger partial charge in [0.25, 0.3) is 5.91 Å². The SMILES string of the molecule is Cc1cc(=O)[nH]c2ccc(C(=O)N3CCC(N(C)CCc4ccccc4)CC3)cc12.Cl. The molecular formula is C25H30ClN3O2. The minimum Gasteiger partial charge on any atom is -0.339 e. The van der Waals surface area contributed by atoms with E-state index in [-0.39, 0.29) is 23.9 Å². The van der Waals surface area contributed by atoms with Crippen LogP contribution in [-0.2, 0) is 6.42 Å². The lowest BCUT2D eigenvalue weighted by atomic mass is 10.0. The summed E-state index contributed by atoms with van der Waals surface area (Å²) in [5.74, 6) is 0.0767. The highest BCUT2D eigenvalue weighted by atomic mass is 35.5. The summed E-state index contributed by atoms with van der Waals surface area (Å²) in [6, 6.07) is 18.2. The average molecular weight is 440 g/mol. The van der Waals surface area contributed by atoms with Crippen LogP contribution in [0.2, 0.25) is 0 Å². The monoisotopic (exact) mass is 439 g/mol. The summed E-state index contributed by atoms with van der Waals surface area (Å²) in [7, 11) is 2.19. The molecule has 1 aromatic heterocycles. The predicted octanol–water partition coefficient (Wildman–Crippen LogP) is 4.04. The Kier molecular flexibility index (Phi) is 7.52. The van der Waals surface area contributed by atoms with Crippen LogP contribution in [0.5, 0.6) is 0 Å². The summed E-state index contributed by atoms with van der Waals surface area (Å²) in [5, 5.41) is 0.927. The van der Waals surface area contributed by atoms with Gasteiger partial charge >= 0.3 is 0 Å². The van der Waals surface area contributed by atoms with Gasteiger partial charge in [-0.15, -0.1) is 12.4 Å². The summed E-state index contributed by atoms with van der Waals surface area (Å²) in [6.07, 6.45) is 3.04. The van der Waals surface area contributed by atoms with Crippen molar-refractivity contribution in [2.45, 2.75) is 32.2 Å². The smallest absolute Gasteiger partial charge is 0.253 e. The largest absolute Gasteiger partial charge is 0.339 e. The molecule has 1 N–H and O–H groups in total. The van der Waals surface area contributed by atoms with Crippen LogP contribution in [0, 0.1) is 6.92 Å². The number of aryl methyl sites for hydroxylation is 1. The van der Waals surface area contributed by atoms with Crippen molar-refractivity contribution in [1.29, 1.82) is 0 Å². The van der Waals surface area contributed by atoms with Gasteiger partial charge in [0.15, 0.2) is 0 Å². The Hall–Kier alpha value is -2.63. The van der Waals surface area contributed by atoms with Gasteiger partial charge in [-0.05, 0) is 62.6 Å². The number of pyridine rings is 1. The number of nitrogens with zero attached hydrogens (tertiary/aromatic N) is 2. The van der Waals surface area contributed by atoms with Crippen LogP contribution in [0.15, 0.2) is 59.4 Å². The Morgan fingerprint density at radius 3 is 2.52 bits per heavy atom. The summed E-state index contributed by atoms with van der Waals surface area (Å²) >= 11 is 0. The van der Waals surface area contributed by atoms with E-state index in [2.05, 4.69) is 47.3 Å². The van der Waals surface area contributed by atoms with Gasteiger partial charge in [0.1, 0.15) is 0 Å². The third-order valence-corrected chi connectivity index (χ3v) is 6.27. The van der Waals surface area contributed by atoms with E-state index in [0.717, 1.165) is 55.4 Å². The molecule has 0 unspecified atom stereocenters. The van der Waals surface area contributed by atoms with Crippen LogP contribution < -0.4 is 5.56 Å². The number of halogens is 1. The lowest BCUT2D eigenvalue weighted by Crippen LogP contribution is -2.46. The Labute approximate surface area is 189 Å². The molecular weight excluding hydrogens is 410 g/mol. The van der Waals surface area contributed by atoms with E-state index in [0.29, 0.717) is 11.6 Å². The number of rotatable bonds is 5. The number of benzene rings is 2. The topological polar surface area (TPSA) is 56.4 Å². The van der Waals surface area contributed by atoms with E-state index < -0.39 is 0 Å². The number of hydrogen-bond donors (Lipinski definition) is 1. The van der Waals surface area contributed by atoms with E-state index in [1.54, 1.807) is 6.07 Å². The van der Waals surface area contributed by atoms with Gasteiger partial charge in [0.2, 0.25) is 5.56 Å². The number of likely N-dealkylation sites (tertiary alicyclic amines) is 1. The van der Waals surface area contributed by atoms with Crippen molar-refractivity contribution in [3.05, 3.63) is 81.6 Å². The predicted molar refractivity (Wildman–Crippen MR) is 128 cm³/mol. The standard InChI is InChI=1S/C25H29N3O2.ClH/c1-18-16-24(29)26-23-9-8-20(17-22(18)23)25(30)28-14-11-21(12-15-28)27(2)13-10-19-6-4-3-5-7-19;/h3-9,16-17,21H,10-15H2,1-2H3,(H,26,29);1H. The first-order chi connectivity index (χ1) is 14.5. The maximum atomic E-state index is 13.0. The first-order valence-electron chi connectivity index (χ1n) is 10.7. The van der Waals surface area contributed by atoms with Gasteiger partial charge in [0.05, 0.1) is 0 Å². The van der Waals surface area contributed by atoms with E-state index in [1.807, 2.05) is 30.0 Å². The van der Waals surface area contributed by atoms with Gasteiger partial charge < -0.3 is 14.8 Å². The number of amides is 1. The Balaban J connectivity index is 0.00000272. The normalized spacial score (nSPS) is 14.6. The number of piperidine rings is 1. The molecule has 0 spiro atoms. The molecule has 0 aliphatic carbocycles. The van der Waals surface area contributed by atoms with Gasteiger partial charge in [-0.2, -0.15) is 0 Å². The molecule has 31 heavy (non-hydrogen) atoms. The molecule has 5 nitrogen and oxygen atoms in total. The van der Waals surface area contributed by atoms with E-state index in [1.165, 1.54) is 5.56 Å². The van der Waals surface area contributed by atoms with E-state index >= 15 is 0 Å². The van der Waals surface area contributed by atoms with Crippen LogP contribution in [0.25, 0.3) is 10.9 Å². The Bertz CT molecular complexity index is 1090. The fourth-order valence-electron chi connectivity index (χ4n) is 4.38. The number of nitrogens with one attached hydrogen (secondary N) is 1. The Morgan fingerprint density at radius 2 is 1.81 bits per heavy atom. The van der Waals surface area contributed by atoms with Crippen molar-refractivity contribution < 1.29 is 4.79 Å². The van der Waals surface area contributed by atoms with Crippen molar-refractivity contribution >= 4 is 29.2 Å². The molecule has 3 aromatic rings. The van der Waals surface area contributed by atoms with Crippen molar-refractivity contribution in [2.75, 3.05) is 26.7 Å². The molecule has 6 heteroatoms. The highest BCUT2D eigenvalue weighted by Crippen LogP contribution is 2.21. The quantitative estimate of drug-likeness (QED) is 0.652. The molecule has 1 aliphatic heterocycles. The van der Waals surface area contributed by atoms with Crippen LogP contribution >= 0.6 is 12.4 Å². The molecule has 164 valence electrons. The molecule has 1 aliphatic rings. The first-order valence-corrected chi connectivity index (χ1v) is 10.7. The molecule has 1 amide bonds. The van der Waals surface area contributed by atoms with Gasteiger partial charge in [-0.3, -0.25) is 9.59 Å². The number of aromatic amines is 1. The summed E-state index contributed by atoms with van der Waals surface area (Å²) in [6.45, 7) is 4.50. The summed E-state index contributed by atoms with van der Waals surface area (Å²) in [4.78, 5) is 31.9. The van der Waals surface area contributed by atoms with Crippen molar-refractivity contribution in [3.63, 3.8) is 0 Å². The van der Waals surface area contributed by atoms with Crippen molar-refractivity contribution in [1.82, 2.24) is 14.8 Å². The minimum absolute atomic E-state index is 0. The molecule has 1 saturated heterocycles. The number of aromatic nitrogens is 1. The number of hydrogen-bond acceptors (Lipinski definition) is 3. The number of carbonyl (C=O) groups is 1. The number of H-pyrrole nitrogens is 1. The van der Waals surface area contributed by atoms with Gasteiger partial charge in [-0.1, -0.05) is 30.3 Å². The van der Waals surface area contributed by atoms with E-state index in [4.69, 9.17) is 0 Å². The van der Waals surface area contributed by atoms with Gasteiger partial charge in [-0.25, -0.2) is 0 Å². The molecule has 2 heterocycles. The highest BCUT2D eigenvalue weighted by molar-refractivity contribution is 5.98. The second kappa shape index (κ2) is 10.1. The lowest BCUT2D eigenvalue weighted by molar-refractivity contribution is 0.0647. The molecule has 0 saturated carbocycles. The zero-order valence-electron chi connectivity index (χ0n) is 18.1. The van der Waals surface area contributed by atoms with Crippen molar-refractivity contribution in [2.24, 2.45) is 0 Å². The fourth-order valence-corrected chi connectivity index (χ4v) is 4.38. The second-order valence-corrected chi connectivity index (χ2v) is 8.32. The highest BCUT2D eigenvalue weighted by Gasteiger charge is 2.26. The molecule has 2 aromatic carbocycles. The van der Waals surface area contributed by atoms with E-state index in [9.17, 15) is 9.59 Å². The zero-order chi connectivity index (χ0) is 21.1. The lowest BCUT2D eigenvalue weighted by Gasteiger charge is -2.37. The van der Waals surface area contributed by atoms with Crippen LogP contribution in [0.3, 0.4) is 0 Å². The third kappa shape index (κ3) is 5.35. The molecule has 1 fully saturated rings. The fraction of sp³-hybridized carbons (Fsp3) is 0.360. The van der Waals surface area contributed by atoms with Crippen molar-refractivity contribution in [3.8, 4) is 0 Å². The molecule has 0 bridgehead atoms. The van der Waals surface area contributed by atoms with Gasteiger partial charge in [0, 0.05) is 48.2 Å². The number of fused-ring (bicyclic) bond motifs is 1. The summed E-state index contributed by atoms with van der Waals surface area (Å²) < 4.78 is 0. The van der Waals surface area contributed by atoms with Crippen LogP contribution in [0.4, 0.5) is 0 Å². The molecule has 0 radical (unpaired) electrons. The molecule has 4 rings (SSSR count). The summed E-state index contributed by atoms with van der Waals surface area (Å²) in [5.41, 5.74) is 3.61. The Morgan fingerprint density at radius 1 is 1.10 bits per heavy atom. The maximum Gasteiger partial charge on any atom is 0.253 e. The van der Waals surface area contributed by atoms with Crippen LogP contribution in [0.1, 0.15) is 34.3 Å². The minimum atomic E-state index is -0.113. The zero-order valence-corrected chi connectivity index (χ0v) is 19.0. The second-order valence-electron chi connectivity index (χ2n) is 8.32. The third-order valence-electron chi connectivity index (χ3n) is 6.27.